The van der Waals surface area contributed by atoms with Crippen LogP contribution < -0.4 is 0 Å². The second-order valence-corrected chi connectivity index (χ2v) is 14.1. The van der Waals surface area contributed by atoms with E-state index in [2.05, 4.69) is 41.7 Å². The molecule has 0 aliphatic carbocycles. The number of aliphatic hydroxyl groups is 1. The minimum absolute atomic E-state index is 0.0165. The summed E-state index contributed by atoms with van der Waals surface area (Å²) in [7, 11) is 1.80. The normalized spacial score (nSPS) is 19.3. The number of amides is 2. The lowest BCUT2D eigenvalue weighted by Crippen LogP contribution is -2.67. The maximum absolute atomic E-state index is 13.7. The highest BCUT2D eigenvalue weighted by Crippen LogP contribution is 2.27. The van der Waals surface area contributed by atoms with Crippen molar-refractivity contribution >= 4 is 43.9 Å². The van der Waals surface area contributed by atoms with Crippen molar-refractivity contribution < 1.29 is 23.8 Å². The van der Waals surface area contributed by atoms with Crippen LogP contribution in [-0.4, -0.2) is 114 Å². The monoisotopic (exact) mass is 710 g/mol. The van der Waals surface area contributed by atoms with Crippen LogP contribution in [0.25, 0.3) is 0 Å². The lowest BCUT2D eigenvalue weighted by Gasteiger charge is -2.51. The van der Waals surface area contributed by atoms with Gasteiger partial charge in [-0.1, -0.05) is 44.0 Å². The van der Waals surface area contributed by atoms with E-state index in [0.29, 0.717) is 37.8 Å². The quantitative estimate of drug-likeness (QED) is 0.386. The summed E-state index contributed by atoms with van der Waals surface area (Å²) in [6.45, 7) is 10.3. The number of benzene rings is 2. The third-order valence-corrected chi connectivity index (χ3v) is 8.80. The summed E-state index contributed by atoms with van der Waals surface area (Å²) in [6, 6.07) is 12.3. The molecule has 230 valence electrons. The Bertz CT molecular complexity index is 1220. The van der Waals surface area contributed by atoms with E-state index in [1.807, 2.05) is 51.1 Å². The summed E-state index contributed by atoms with van der Waals surface area (Å²) in [5.41, 5.74) is 1.04. The molecule has 2 atom stereocenters. The molecule has 0 radical (unpaired) electrons. The van der Waals surface area contributed by atoms with Crippen LogP contribution in [0, 0.1) is 5.82 Å². The molecule has 2 aliphatic rings. The largest absolute Gasteiger partial charge is 0.444 e. The van der Waals surface area contributed by atoms with Gasteiger partial charge in [-0.05, 0) is 69.6 Å². The molecule has 42 heavy (non-hydrogen) atoms. The minimum Gasteiger partial charge on any atom is -0.444 e. The average molecular weight is 712 g/mol. The van der Waals surface area contributed by atoms with Crippen LogP contribution in [0.2, 0.25) is 0 Å². The van der Waals surface area contributed by atoms with Crippen molar-refractivity contribution in [3.8, 4) is 0 Å². The number of piperazine rings is 1. The molecule has 2 unspecified atom stereocenters. The number of carbonyl (C=O) groups excluding carboxylic acids is 2. The topological polar surface area (TPSA) is 76.6 Å². The van der Waals surface area contributed by atoms with E-state index in [1.54, 1.807) is 16.8 Å². The zero-order chi connectivity index (χ0) is 30.6. The van der Waals surface area contributed by atoms with Gasteiger partial charge in [-0.25, -0.2) is 9.18 Å². The second-order valence-electron chi connectivity index (χ2n) is 12.3. The lowest BCUT2D eigenvalue weighted by molar-refractivity contribution is -0.0499. The lowest BCUT2D eigenvalue weighted by atomic mass is 9.93. The number of carbonyl (C=O) groups is 2. The van der Waals surface area contributed by atoms with Gasteiger partial charge in [0.25, 0.3) is 5.91 Å². The maximum Gasteiger partial charge on any atom is 0.410 e. The molecule has 2 aromatic carbocycles. The Kier molecular flexibility index (Phi) is 11.1. The first kappa shape index (κ1) is 32.9. The van der Waals surface area contributed by atoms with E-state index in [0.717, 1.165) is 40.6 Å². The number of likely N-dealkylation sites (N-methyl/N-ethyl adjacent to an activating group) is 1. The van der Waals surface area contributed by atoms with E-state index in [4.69, 9.17) is 4.74 Å². The van der Waals surface area contributed by atoms with Gasteiger partial charge in [-0.3, -0.25) is 9.69 Å². The molecule has 2 aliphatic heterocycles. The number of aliphatic hydroxyl groups excluding tert-OH is 1. The number of hydrogen-bond acceptors (Lipinski definition) is 6. The van der Waals surface area contributed by atoms with Gasteiger partial charge in [-0.15, -0.1) is 0 Å². The number of rotatable bonds is 9. The van der Waals surface area contributed by atoms with Gasteiger partial charge >= 0.3 is 6.09 Å². The molecule has 2 amide bonds. The van der Waals surface area contributed by atoms with Crippen molar-refractivity contribution in [2.75, 3.05) is 59.5 Å². The van der Waals surface area contributed by atoms with Gasteiger partial charge in [-0.2, -0.15) is 0 Å². The van der Waals surface area contributed by atoms with Gasteiger partial charge < -0.3 is 24.5 Å². The summed E-state index contributed by atoms with van der Waals surface area (Å²) in [6.07, 6.45) is 0.479. The Morgan fingerprint density at radius 1 is 1.07 bits per heavy atom. The molecule has 2 fully saturated rings. The standard InChI is InChI=1S/C31H41Br2FN4O4/c1-31(2,3)42-30(41)37-11-12-38(28(19-37)20-39)27-17-36(18-27)10-9-22(21-5-7-26(34)8-6-21)16-35(4)29(40)23-13-24(32)15-25(33)14-23/h5-8,13-15,22,27-28,39H,9-12,16-20H2,1-4H3. The fraction of sp³-hybridized carbons (Fsp3) is 0.548. The van der Waals surface area contributed by atoms with Crippen LogP contribution in [-0.2, 0) is 4.74 Å². The van der Waals surface area contributed by atoms with Crippen molar-refractivity contribution in [2.24, 2.45) is 0 Å². The van der Waals surface area contributed by atoms with Gasteiger partial charge in [0, 0.05) is 72.8 Å². The molecule has 8 nitrogen and oxygen atoms in total. The van der Waals surface area contributed by atoms with Gasteiger partial charge in [0.1, 0.15) is 11.4 Å². The van der Waals surface area contributed by atoms with Crippen LogP contribution in [0.5, 0.6) is 0 Å². The molecular weight excluding hydrogens is 671 g/mol. The smallest absolute Gasteiger partial charge is 0.410 e. The third kappa shape index (κ3) is 8.75. The Morgan fingerprint density at radius 3 is 2.31 bits per heavy atom. The molecule has 0 saturated carbocycles. The first-order valence-electron chi connectivity index (χ1n) is 14.4. The zero-order valence-corrected chi connectivity index (χ0v) is 27.9. The van der Waals surface area contributed by atoms with E-state index in [9.17, 15) is 19.1 Å². The highest BCUT2D eigenvalue weighted by Gasteiger charge is 2.39. The number of halogens is 3. The second kappa shape index (κ2) is 14.2. The van der Waals surface area contributed by atoms with E-state index >= 15 is 0 Å². The molecule has 1 N–H and O–H groups in total. The summed E-state index contributed by atoms with van der Waals surface area (Å²) in [5, 5.41) is 10.1. The third-order valence-electron chi connectivity index (χ3n) is 7.88. The van der Waals surface area contributed by atoms with Gasteiger partial charge in [0.05, 0.1) is 12.6 Å². The fourth-order valence-electron chi connectivity index (χ4n) is 5.69. The van der Waals surface area contributed by atoms with Crippen LogP contribution in [0.15, 0.2) is 51.4 Å². The highest BCUT2D eigenvalue weighted by molar-refractivity contribution is 9.11. The molecule has 11 heteroatoms. The van der Waals surface area contributed by atoms with Crippen LogP contribution in [0.1, 0.15) is 49.0 Å². The van der Waals surface area contributed by atoms with Gasteiger partial charge in [0.15, 0.2) is 0 Å². The minimum atomic E-state index is -0.554. The van der Waals surface area contributed by atoms with E-state index < -0.39 is 5.60 Å². The molecule has 2 heterocycles. The predicted molar refractivity (Wildman–Crippen MR) is 168 cm³/mol. The zero-order valence-electron chi connectivity index (χ0n) is 24.7. The average Bonchev–Trinajstić information content (AvgIpc) is 2.90. The highest BCUT2D eigenvalue weighted by atomic mass is 79.9. The molecule has 2 aromatic rings. The molecule has 4 rings (SSSR count). The van der Waals surface area contributed by atoms with Gasteiger partial charge in [0.2, 0.25) is 0 Å². The molecule has 0 bridgehead atoms. The maximum atomic E-state index is 13.7. The van der Waals surface area contributed by atoms with Crippen molar-refractivity contribution in [1.29, 1.82) is 0 Å². The van der Waals surface area contributed by atoms with Crippen molar-refractivity contribution in [3.63, 3.8) is 0 Å². The first-order chi connectivity index (χ1) is 19.8. The van der Waals surface area contributed by atoms with Crippen LogP contribution in [0.3, 0.4) is 0 Å². The number of nitrogens with zero attached hydrogens (tertiary/aromatic N) is 4. The molecule has 2 saturated heterocycles. The van der Waals surface area contributed by atoms with Crippen LogP contribution >= 0.6 is 31.9 Å². The summed E-state index contributed by atoms with van der Waals surface area (Å²) >= 11 is 6.92. The fourth-order valence-corrected chi connectivity index (χ4v) is 6.98. The number of ether oxygens (including phenoxy) is 1. The number of likely N-dealkylation sites (tertiary alicyclic amines) is 1. The Balaban J connectivity index is 1.33. The predicted octanol–water partition coefficient (Wildman–Crippen LogP) is 5.19. The summed E-state index contributed by atoms with van der Waals surface area (Å²) in [5.74, 6) is -0.317. The number of hydrogen-bond donors (Lipinski definition) is 1. The Labute approximate surface area is 265 Å². The summed E-state index contributed by atoms with van der Waals surface area (Å²) in [4.78, 5) is 33.9. The Morgan fingerprint density at radius 2 is 1.71 bits per heavy atom. The van der Waals surface area contributed by atoms with Crippen molar-refractivity contribution in [2.45, 2.75) is 50.8 Å². The molecule has 0 aromatic heterocycles. The SMILES string of the molecule is CN(CC(CCN1CC(N2CCN(C(=O)OC(C)(C)C)CC2CO)C1)c1ccc(F)cc1)C(=O)c1cc(Br)cc(Br)c1. The van der Waals surface area contributed by atoms with E-state index in [-0.39, 0.29) is 36.4 Å². The summed E-state index contributed by atoms with van der Waals surface area (Å²) < 4.78 is 20.9. The van der Waals surface area contributed by atoms with E-state index in [1.165, 1.54) is 12.1 Å². The van der Waals surface area contributed by atoms with Crippen molar-refractivity contribution in [3.05, 3.63) is 68.4 Å². The molecular formula is C31H41Br2FN4O4. The molecule has 0 spiro atoms. The Hall–Kier alpha value is -2.05. The first-order valence-corrected chi connectivity index (χ1v) is 16.0. The van der Waals surface area contributed by atoms with Crippen LogP contribution in [0.4, 0.5) is 9.18 Å². The van der Waals surface area contributed by atoms with Crippen molar-refractivity contribution in [1.82, 2.24) is 19.6 Å².